The van der Waals surface area contributed by atoms with Gasteiger partial charge in [0.1, 0.15) is 67.1 Å². The molecule has 10 aromatic heterocycles. The number of benzene rings is 2. The van der Waals surface area contributed by atoms with Crippen molar-refractivity contribution in [3.05, 3.63) is 203 Å². The number of nitriles is 1. The summed E-state index contributed by atoms with van der Waals surface area (Å²) in [5, 5.41) is 47.3. The molecule has 9 N–H and O–H groups in total. The average Bonchev–Trinajstić information content (AvgIpc) is 1.56. The van der Waals surface area contributed by atoms with Crippen LogP contribution in [0.5, 0.6) is 0 Å². The number of amides is 4. The number of rotatable bonds is 33. The predicted molar refractivity (Wildman–Crippen MR) is 503 cm³/mol. The van der Waals surface area contributed by atoms with Crippen LogP contribution in [0.4, 0.5) is 41.9 Å². The predicted octanol–water partition coefficient (Wildman–Crippen LogP) is 10.7. The third-order valence-corrected chi connectivity index (χ3v) is 26.3. The van der Waals surface area contributed by atoms with Crippen LogP contribution in [0.3, 0.4) is 0 Å². The summed E-state index contributed by atoms with van der Waals surface area (Å²) < 4.78 is 117. The van der Waals surface area contributed by atoms with Crippen LogP contribution in [0.15, 0.2) is 169 Å². The van der Waals surface area contributed by atoms with Gasteiger partial charge in [0.2, 0.25) is 30.3 Å². The lowest BCUT2D eigenvalue weighted by atomic mass is 9.96. The summed E-state index contributed by atoms with van der Waals surface area (Å²) in [5.74, 6) is -2.26. The van der Waals surface area contributed by atoms with Crippen LogP contribution in [-0.4, -0.2) is 275 Å². The van der Waals surface area contributed by atoms with Crippen molar-refractivity contribution in [1.29, 1.82) is 5.26 Å². The summed E-state index contributed by atoms with van der Waals surface area (Å²) in [7, 11) is -3.88. The minimum absolute atomic E-state index is 0.0558. The van der Waals surface area contributed by atoms with Gasteiger partial charge in [-0.25, -0.2) is 69.5 Å². The number of ether oxygens (including phenoxy) is 8. The van der Waals surface area contributed by atoms with E-state index in [1.165, 1.54) is 19.0 Å². The summed E-state index contributed by atoms with van der Waals surface area (Å²) in [6.45, 7) is 25.5. The van der Waals surface area contributed by atoms with E-state index in [9.17, 15) is 53.0 Å². The zero-order valence-corrected chi connectivity index (χ0v) is 80.3. The maximum Gasteiger partial charge on any atom is 0.506 e. The van der Waals surface area contributed by atoms with E-state index in [1.807, 2.05) is 54.0 Å². The molecular weight excluding hydrogens is 1920 g/mol. The first-order valence-electron chi connectivity index (χ1n) is 45.1. The Balaban J connectivity index is 0.000000171. The van der Waals surface area contributed by atoms with Gasteiger partial charge in [-0.2, -0.15) is 15.2 Å². The Kier molecular flexibility index (Phi) is 35.1. The van der Waals surface area contributed by atoms with Gasteiger partial charge >= 0.3 is 20.9 Å². The summed E-state index contributed by atoms with van der Waals surface area (Å²) in [4.78, 5) is 156. The topological polar surface area (TPSA) is 603 Å². The third-order valence-electron chi connectivity index (χ3n) is 23.0. The summed E-state index contributed by atoms with van der Waals surface area (Å²) in [6, 6.07) is 31.4. The molecular formula is C90H103F2N25O24P2. The lowest BCUT2D eigenvalue weighted by molar-refractivity contribution is -0.173. The van der Waals surface area contributed by atoms with E-state index < -0.39 is 175 Å². The number of anilines is 4. The second-order valence-corrected chi connectivity index (χ2v) is 36.3. The van der Waals surface area contributed by atoms with Crippen LogP contribution in [-0.2, 0) is 70.1 Å². The van der Waals surface area contributed by atoms with Gasteiger partial charge in [-0.05, 0) is 89.1 Å². The SMILES string of the molecule is CC(C)C(=O)Nc1nc2c(ncn2[C@@H]2O[C@H](CO)[C@H](F)[C@H]2OC(=O)O)c(=O)[nH]1.CC[C@@]12CO[C@@H]([C@H](n3cnc4c(NC(=O)c5ccccc5)ncnc43)O1)[C@@H]2OP(OCCC#N)N(C(C)C)C(C)C.[C-]#[N+]CCOP(OC[C@H]1O[C@@H](n2cnc3c(=O)[nH]c(NC(=O)C(C)C)nc32)[C@H](OC(=O)O)[C@H]1F)O[C@H]1[C@H]2OC[C@]1(CC)O[C@H]2n1cnc2c(NC(=O)c3ccccc3)ncnc21.c1ccncc1.c1ccncc1. The summed E-state index contributed by atoms with van der Waals surface area (Å²) in [6.07, 6.45) is -4.28. The van der Waals surface area contributed by atoms with Crippen molar-refractivity contribution in [2.75, 3.05) is 67.5 Å². The van der Waals surface area contributed by atoms with E-state index >= 15 is 4.39 Å². The van der Waals surface area contributed by atoms with Gasteiger partial charge in [-0.3, -0.25) is 77.6 Å². The van der Waals surface area contributed by atoms with Crippen molar-refractivity contribution < 1.29 is 113 Å². The Morgan fingerprint density at radius 2 is 0.979 bits per heavy atom. The molecule has 0 saturated carbocycles. The first-order valence-corrected chi connectivity index (χ1v) is 47.4. The van der Waals surface area contributed by atoms with E-state index in [4.69, 9.17) is 72.7 Å². The third kappa shape index (κ3) is 24.1. The zero-order chi connectivity index (χ0) is 102. The van der Waals surface area contributed by atoms with E-state index in [2.05, 4.69) is 146 Å². The van der Waals surface area contributed by atoms with Gasteiger partial charge < -0.3 is 91.3 Å². The standard InChI is InChI=1S/C37H39FN11O12P.C28H36N7O5P.C15H18FN5O7.2C5H5N/c1-5-37-14-55-25(34(60-37)48-16-42-22-27(40-15-41-28(22)48)44-31(51)19-9-7-6-8-10-19)26(37)61-62(56-12-11-39-4)57-13-20-21(38)24(59-36(53)54)33(58-20)49-17-43-23-29(49)45-35(47-32(23)52)46-30(50)18(2)3;1-6-28-15-37-22(23(28)40-41(38-14-10-13-29)35(18(2)3)19(4)5)27(39-28)34-17-32-21-24(30-16-31-25(21)34)33-26(36)20-11-8-7-9-12-20;1-5(2)11(23)19-14-18-10-8(12(24)20-14)17-4-21(10)13-9(28-15(25)26)7(16)6(3-22)27-13;2*1-2-4-6-5-3-1/h6-10,15-18,20-21,24-26,33-34H,5,11-14H2,1-3H3,(H,53,54)(H,40,41,44,51)(H2,45,46,47,50,52);7-9,11-12,16-19,22-23,27H,6,10,14-15H2,1-5H3,(H,30,31,33,36);4-7,9,13,22H,3H2,1-2H3,(H,25,26)(H2,18,19,20,23,24);2*1-5H/t20-,21+,24-,25-,26+,33-,34-,37+,62?;22-,23+,27-,28+,41?;6-,7+,9-,13-;;/m111../s1. The number of hydrogen-bond donors (Lipinski definition) is 9. The number of carbonyl (C=O) groups is 6. The van der Waals surface area contributed by atoms with E-state index in [0.717, 1.165) is 21.8 Å². The number of aromatic nitrogens is 18. The number of hydrogen-bond acceptors (Lipinski definition) is 36. The van der Waals surface area contributed by atoms with Gasteiger partial charge in [0, 0.05) is 59.8 Å². The van der Waals surface area contributed by atoms with E-state index in [0.29, 0.717) is 58.7 Å². The Hall–Kier alpha value is -13.9. The highest BCUT2D eigenvalue weighted by atomic mass is 31.2. The minimum atomic E-state index is -2.38. The summed E-state index contributed by atoms with van der Waals surface area (Å²) >= 11 is 0. The molecule has 0 spiro atoms. The van der Waals surface area contributed by atoms with Crippen molar-refractivity contribution in [2.45, 2.75) is 198 Å². The molecule has 6 aliphatic rings. The second kappa shape index (κ2) is 47.8. The molecule has 143 heavy (non-hydrogen) atoms. The zero-order valence-electron chi connectivity index (χ0n) is 78.5. The van der Waals surface area contributed by atoms with E-state index in [-0.39, 0.29) is 96.7 Å². The molecule has 49 nitrogen and oxygen atoms in total. The smallest absolute Gasteiger partial charge is 0.450 e. The molecule has 53 heteroatoms. The summed E-state index contributed by atoms with van der Waals surface area (Å²) in [5.41, 5.74) is -1.18. The molecule has 18 atom stereocenters. The highest BCUT2D eigenvalue weighted by molar-refractivity contribution is 7.44. The van der Waals surface area contributed by atoms with Crippen LogP contribution < -0.4 is 32.4 Å². The number of halogens is 2. The fraction of sp³-hybridized carbons (Fsp3) is 0.444. The van der Waals surface area contributed by atoms with Crippen molar-refractivity contribution >= 4 is 121 Å². The molecule has 4 amide bonds. The van der Waals surface area contributed by atoms with Gasteiger partial charge in [-0.15, -0.1) is 0 Å². The lowest BCUT2D eigenvalue weighted by Gasteiger charge is -2.38. The largest absolute Gasteiger partial charge is 0.506 e. The van der Waals surface area contributed by atoms with Crippen LogP contribution >= 0.6 is 17.1 Å². The number of aliphatic hydroxyl groups is 1. The quantitative estimate of drug-likeness (QED) is 0.00798. The molecule has 12 aromatic rings. The van der Waals surface area contributed by atoms with Crippen LogP contribution in [0.1, 0.15) is 134 Å². The molecule has 6 saturated heterocycles. The molecule has 4 bridgehead atoms. The number of aliphatic hydroxyl groups excluding tert-OH is 1. The van der Waals surface area contributed by atoms with Crippen LogP contribution in [0, 0.1) is 29.7 Å². The number of carbonyl (C=O) groups excluding carboxylic acids is 4. The Morgan fingerprint density at radius 1 is 0.559 bits per heavy atom. The number of aromatic amines is 2. The van der Waals surface area contributed by atoms with Gasteiger partial charge in [0.15, 0.2) is 106 Å². The van der Waals surface area contributed by atoms with Crippen LogP contribution in [0.25, 0.3) is 49.5 Å². The fourth-order valence-corrected chi connectivity index (χ4v) is 19.0. The molecule has 756 valence electrons. The second-order valence-electron chi connectivity index (χ2n) is 33.7. The number of alkyl halides is 2. The molecule has 2 aromatic carbocycles. The van der Waals surface area contributed by atoms with Crippen molar-refractivity contribution in [3.63, 3.8) is 0 Å². The number of pyridine rings is 2. The molecule has 6 fully saturated rings. The maximum atomic E-state index is 16.2. The number of imidazole rings is 4. The molecule has 18 rings (SSSR count). The first kappa shape index (κ1) is 105. The average molecular weight is 2020 g/mol. The Morgan fingerprint density at radius 3 is 1.37 bits per heavy atom. The molecule has 6 aliphatic heterocycles. The highest BCUT2D eigenvalue weighted by Gasteiger charge is 2.65. The lowest BCUT2D eigenvalue weighted by Crippen LogP contribution is -2.42. The molecule has 0 radical (unpaired) electrons. The molecule has 0 aliphatic carbocycles. The highest BCUT2D eigenvalue weighted by Crippen LogP contribution is 2.58. The maximum absolute atomic E-state index is 16.2. The number of carboxylic acid groups (broad SMARTS) is 2. The van der Waals surface area contributed by atoms with Crippen molar-refractivity contribution in [2.24, 2.45) is 11.8 Å². The number of nitrogens with one attached hydrogen (secondary N) is 6. The Labute approximate surface area is 815 Å². The number of nitrogens with zero attached hydrogens (tertiary/aromatic N) is 19. The van der Waals surface area contributed by atoms with Crippen molar-refractivity contribution in [3.8, 4) is 6.07 Å². The first-order chi connectivity index (χ1) is 68.9. The minimum Gasteiger partial charge on any atom is -0.450 e. The normalized spacial score (nSPS) is 23.7. The molecule has 16 heterocycles. The Bertz CT molecular complexity index is 6500. The van der Waals surface area contributed by atoms with Gasteiger partial charge in [0.25, 0.3) is 31.5 Å². The number of H-pyrrole nitrogens is 2. The van der Waals surface area contributed by atoms with Crippen LogP contribution in [0.2, 0.25) is 0 Å². The fourth-order valence-electron chi connectivity index (χ4n) is 16.0. The van der Waals surface area contributed by atoms with Gasteiger partial charge in [0.05, 0.1) is 70.8 Å². The number of fused-ring (bicyclic) bond motifs is 8. The monoisotopic (exact) mass is 2020 g/mol. The van der Waals surface area contributed by atoms with Gasteiger partial charge in [-0.1, -0.05) is 90.1 Å². The van der Waals surface area contributed by atoms with Crippen molar-refractivity contribution in [1.82, 2.24) is 92.7 Å². The molecule has 2 unspecified atom stereocenters. The van der Waals surface area contributed by atoms with E-state index in [1.54, 1.807) is 118 Å².